The van der Waals surface area contributed by atoms with Gasteiger partial charge in [-0.1, -0.05) is 6.92 Å². The molecule has 0 atom stereocenters. The van der Waals surface area contributed by atoms with Gasteiger partial charge in [-0.25, -0.2) is 0 Å². The minimum absolute atomic E-state index is 0.433. The molecule has 0 bridgehead atoms. The molecular formula is C11H15N5. The maximum Gasteiger partial charge on any atom is 0.146 e. The molecule has 2 aromatic heterocycles. The van der Waals surface area contributed by atoms with Crippen molar-refractivity contribution in [2.75, 3.05) is 5.73 Å². The van der Waals surface area contributed by atoms with Gasteiger partial charge in [0.1, 0.15) is 5.82 Å². The number of rotatable bonds is 3. The Bertz CT molecular complexity index is 472. The average Bonchev–Trinajstić information content (AvgIpc) is 2.63. The first kappa shape index (κ1) is 10.6. The zero-order valence-electron chi connectivity index (χ0n) is 9.51. The molecule has 16 heavy (non-hydrogen) atoms. The maximum atomic E-state index is 5.50. The van der Waals surface area contributed by atoms with Crippen LogP contribution >= 0.6 is 0 Å². The second kappa shape index (κ2) is 4.30. The van der Waals surface area contributed by atoms with E-state index >= 15 is 0 Å². The highest BCUT2D eigenvalue weighted by Crippen LogP contribution is 2.20. The molecule has 2 N–H and O–H groups in total. The van der Waals surface area contributed by atoms with Crippen molar-refractivity contribution in [2.24, 2.45) is 0 Å². The molecule has 0 fully saturated rings. The minimum atomic E-state index is 0.433. The molecule has 2 rings (SSSR count). The Labute approximate surface area is 94.3 Å². The molecule has 5 nitrogen and oxygen atoms in total. The monoisotopic (exact) mass is 217 g/mol. The molecule has 0 spiro atoms. The number of aromatic nitrogens is 4. The summed E-state index contributed by atoms with van der Waals surface area (Å²) in [5, 5.41) is 12.2. The van der Waals surface area contributed by atoms with Gasteiger partial charge in [0, 0.05) is 17.8 Å². The summed E-state index contributed by atoms with van der Waals surface area (Å²) in [7, 11) is 0. The Morgan fingerprint density at radius 2 is 2.12 bits per heavy atom. The standard InChI is InChI=1S/C11H15N5/c1-3-6-16-8(2)9(7-13-16)10-4-5-11(12)15-14-10/h4-5,7H,3,6H2,1-2H3,(H2,12,15). The van der Waals surface area contributed by atoms with Crippen molar-refractivity contribution < 1.29 is 0 Å². The molecule has 0 aliphatic rings. The van der Waals surface area contributed by atoms with Crippen LogP contribution in [0.15, 0.2) is 18.3 Å². The van der Waals surface area contributed by atoms with Crippen LogP contribution in [-0.2, 0) is 6.54 Å². The van der Waals surface area contributed by atoms with Gasteiger partial charge >= 0.3 is 0 Å². The zero-order valence-corrected chi connectivity index (χ0v) is 9.51. The smallest absolute Gasteiger partial charge is 0.146 e. The maximum absolute atomic E-state index is 5.50. The highest BCUT2D eigenvalue weighted by molar-refractivity contribution is 5.61. The molecule has 2 heterocycles. The Hall–Kier alpha value is -1.91. The molecule has 84 valence electrons. The van der Waals surface area contributed by atoms with E-state index in [4.69, 9.17) is 5.73 Å². The highest BCUT2D eigenvalue weighted by atomic mass is 15.3. The predicted octanol–water partition coefficient (Wildman–Crippen LogP) is 1.64. The van der Waals surface area contributed by atoms with E-state index in [0.717, 1.165) is 29.9 Å². The van der Waals surface area contributed by atoms with E-state index in [1.807, 2.05) is 23.9 Å². The third kappa shape index (κ3) is 1.88. The molecule has 0 radical (unpaired) electrons. The Balaban J connectivity index is 2.37. The molecule has 0 unspecified atom stereocenters. The van der Waals surface area contributed by atoms with Crippen LogP contribution in [0.5, 0.6) is 0 Å². The van der Waals surface area contributed by atoms with Gasteiger partial charge < -0.3 is 5.73 Å². The molecular weight excluding hydrogens is 202 g/mol. The Morgan fingerprint density at radius 1 is 1.31 bits per heavy atom. The van der Waals surface area contributed by atoms with Gasteiger partial charge in [-0.2, -0.15) is 5.10 Å². The lowest BCUT2D eigenvalue weighted by Crippen LogP contribution is -2.01. The van der Waals surface area contributed by atoms with Gasteiger partial charge in [0.15, 0.2) is 0 Å². The van der Waals surface area contributed by atoms with Crippen LogP contribution in [0.4, 0.5) is 5.82 Å². The van der Waals surface area contributed by atoms with Crippen LogP contribution < -0.4 is 5.73 Å². The van der Waals surface area contributed by atoms with Crippen LogP contribution in [0, 0.1) is 6.92 Å². The van der Waals surface area contributed by atoms with Crippen LogP contribution in [0.25, 0.3) is 11.3 Å². The summed E-state index contributed by atoms with van der Waals surface area (Å²) in [6, 6.07) is 3.61. The number of nitrogens with zero attached hydrogens (tertiary/aromatic N) is 4. The lowest BCUT2D eigenvalue weighted by molar-refractivity contribution is 0.587. The number of aryl methyl sites for hydroxylation is 1. The molecule has 2 aromatic rings. The van der Waals surface area contributed by atoms with Gasteiger partial charge in [0.05, 0.1) is 11.9 Å². The van der Waals surface area contributed by atoms with E-state index in [9.17, 15) is 0 Å². The van der Waals surface area contributed by atoms with Crippen molar-refractivity contribution >= 4 is 5.82 Å². The third-order valence-electron chi connectivity index (χ3n) is 2.50. The summed E-state index contributed by atoms with van der Waals surface area (Å²) in [5.74, 6) is 0.433. The highest BCUT2D eigenvalue weighted by Gasteiger charge is 2.09. The van der Waals surface area contributed by atoms with E-state index in [1.165, 1.54) is 0 Å². The van der Waals surface area contributed by atoms with Crippen LogP contribution in [-0.4, -0.2) is 20.0 Å². The van der Waals surface area contributed by atoms with Crippen molar-refractivity contribution in [2.45, 2.75) is 26.8 Å². The first-order valence-electron chi connectivity index (χ1n) is 5.34. The molecule has 5 heteroatoms. The third-order valence-corrected chi connectivity index (χ3v) is 2.50. The average molecular weight is 217 g/mol. The van der Waals surface area contributed by atoms with Gasteiger partial charge in [-0.05, 0) is 25.5 Å². The van der Waals surface area contributed by atoms with Gasteiger partial charge in [0.2, 0.25) is 0 Å². The lowest BCUT2D eigenvalue weighted by Gasteiger charge is -2.02. The van der Waals surface area contributed by atoms with Gasteiger partial charge in [-0.3, -0.25) is 4.68 Å². The van der Waals surface area contributed by atoms with E-state index < -0.39 is 0 Å². The number of anilines is 1. The molecule has 0 amide bonds. The quantitative estimate of drug-likeness (QED) is 0.848. The summed E-state index contributed by atoms with van der Waals surface area (Å²) in [6.07, 6.45) is 2.89. The summed E-state index contributed by atoms with van der Waals surface area (Å²) < 4.78 is 1.98. The van der Waals surface area contributed by atoms with Crippen molar-refractivity contribution in [3.8, 4) is 11.3 Å². The van der Waals surface area contributed by atoms with Crippen molar-refractivity contribution in [3.05, 3.63) is 24.0 Å². The fourth-order valence-electron chi connectivity index (χ4n) is 1.62. The van der Waals surface area contributed by atoms with Gasteiger partial charge in [-0.15, -0.1) is 10.2 Å². The SMILES string of the molecule is CCCn1ncc(-c2ccc(N)nn2)c1C. The molecule has 0 aromatic carbocycles. The fourth-order valence-corrected chi connectivity index (χ4v) is 1.62. The normalized spacial score (nSPS) is 10.6. The van der Waals surface area contributed by atoms with E-state index in [-0.39, 0.29) is 0 Å². The second-order valence-corrected chi connectivity index (χ2v) is 3.71. The largest absolute Gasteiger partial charge is 0.382 e. The molecule has 0 aliphatic heterocycles. The predicted molar refractivity (Wildman–Crippen MR) is 62.7 cm³/mol. The molecule has 0 saturated heterocycles. The van der Waals surface area contributed by atoms with E-state index in [2.05, 4.69) is 22.2 Å². The number of hydrogen-bond acceptors (Lipinski definition) is 4. The van der Waals surface area contributed by atoms with Crippen LogP contribution in [0.1, 0.15) is 19.0 Å². The fraction of sp³-hybridized carbons (Fsp3) is 0.364. The van der Waals surface area contributed by atoms with Crippen LogP contribution in [0.2, 0.25) is 0 Å². The van der Waals surface area contributed by atoms with E-state index in [1.54, 1.807) is 6.07 Å². The number of nitrogen functional groups attached to an aromatic ring is 1. The van der Waals surface area contributed by atoms with Crippen molar-refractivity contribution in [3.63, 3.8) is 0 Å². The topological polar surface area (TPSA) is 69.6 Å². The lowest BCUT2D eigenvalue weighted by atomic mass is 10.2. The first-order chi connectivity index (χ1) is 7.72. The molecule has 0 saturated carbocycles. The molecule has 0 aliphatic carbocycles. The Kier molecular flexibility index (Phi) is 2.85. The van der Waals surface area contributed by atoms with Crippen molar-refractivity contribution in [1.82, 2.24) is 20.0 Å². The number of nitrogens with two attached hydrogens (primary N) is 1. The summed E-state index contributed by atoms with van der Waals surface area (Å²) in [5.41, 5.74) is 8.44. The minimum Gasteiger partial charge on any atom is -0.382 e. The van der Waals surface area contributed by atoms with Crippen LogP contribution in [0.3, 0.4) is 0 Å². The Morgan fingerprint density at radius 3 is 2.75 bits per heavy atom. The zero-order chi connectivity index (χ0) is 11.5. The summed E-state index contributed by atoms with van der Waals surface area (Å²) in [4.78, 5) is 0. The second-order valence-electron chi connectivity index (χ2n) is 3.71. The summed E-state index contributed by atoms with van der Waals surface area (Å²) >= 11 is 0. The van der Waals surface area contributed by atoms with Gasteiger partial charge in [0.25, 0.3) is 0 Å². The summed E-state index contributed by atoms with van der Waals surface area (Å²) in [6.45, 7) is 5.09. The van der Waals surface area contributed by atoms with Crippen molar-refractivity contribution in [1.29, 1.82) is 0 Å². The first-order valence-corrected chi connectivity index (χ1v) is 5.34. The van der Waals surface area contributed by atoms with E-state index in [0.29, 0.717) is 5.82 Å². The number of hydrogen-bond donors (Lipinski definition) is 1.